The molecule has 86 valence electrons. The summed E-state index contributed by atoms with van der Waals surface area (Å²) in [4.78, 5) is 0. The summed E-state index contributed by atoms with van der Waals surface area (Å²) in [5.74, 6) is 0.369. The number of aryl methyl sites for hydroxylation is 1. The fourth-order valence-electron chi connectivity index (χ4n) is 1.24. The van der Waals surface area contributed by atoms with Crippen LogP contribution in [-0.2, 0) is 22.1 Å². The zero-order valence-electron chi connectivity index (χ0n) is 9.27. The fraction of sp³-hybridized carbons (Fsp3) is 0.667. The van der Waals surface area contributed by atoms with Gasteiger partial charge in [-0.3, -0.25) is 4.68 Å². The van der Waals surface area contributed by atoms with E-state index in [4.69, 9.17) is 5.73 Å². The van der Waals surface area contributed by atoms with E-state index in [-0.39, 0.29) is 11.0 Å². The maximum atomic E-state index is 11.7. The summed E-state index contributed by atoms with van der Waals surface area (Å²) in [7, 11) is -3.09. The average Bonchev–Trinajstić information content (AvgIpc) is 2.44. The maximum Gasteiger partial charge on any atom is 0.158 e. The minimum absolute atomic E-state index is 0.00269. The molecule has 2 N–H and O–H groups in total. The topological polar surface area (TPSA) is 78.0 Å². The molecule has 0 spiro atoms. The summed E-state index contributed by atoms with van der Waals surface area (Å²) in [6.45, 7) is 5.87. The molecule has 0 unspecified atom stereocenters. The van der Waals surface area contributed by atoms with Gasteiger partial charge in [-0.1, -0.05) is 0 Å². The zero-order chi connectivity index (χ0) is 11.6. The number of hydrogen-bond acceptors (Lipinski definition) is 4. The standard InChI is InChI=1S/C9H17N3O2S/c1-4-12-8(5-9(10)11-12)6-15(13,14)7(2)3/h5,7H,4,6H2,1-3H3,(H2,10,11). The second kappa shape index (κ2) is 4.22. The van der Waals surface area contributed by atoms with E-state index in [0.717, 1.165) is 0 Å². The maximum absolute atomic E-state index is 11.7. The summed E-state index contributed by atoms with van der Waals surface area (Å²) in [5, 5.41) is 3.63. The number of nitrogens with zero attached hydrogens (tertiary/aromatic N) is 2. The molecule has 0 aliphatic carbocycles. The first-order valence-corrected chi connectivity index (χ1v) is 6.62. The van der Waals surface area contributed by atoms with Gasteiger partial charge >= 0.3 is 0 Å². The van der Waals surface area contributed by atoms with Crippen molar-refractivity contribution in [2.45, 2.75) is 38.3 Å². The van der Waals surface area contributed by atoms with Gasteiger partial charge in [-0.05, 0) is 20.8 Å². The first-order chi connectivity index (χ1) is 6.86. The van der Waals surface area contributed by atoms with E-state index in [0.29, 0.717) is 18.1 Å². The molecule has 0 saturated carbocycles. The highest BCUT2D eigenvalue weighted by Crippen LogP contribution is 2.13. The second-order valence-electron chi connectivity index (χ2n) is 3.73. The lowest BCUT2D eigenvalue weighted by Crippen LogP contribution is -2.18. The zero-order valence-corrected chi connectivity index (χ0v) is 10.1. The van der Waals surface area contributed by atoms with E-state index in [9.17, 15) is 8.42 Å². The first-order valence-electron chi connectivity index (χ1n) is 4.90. The molecular weight excluding hydrogens is 214 g/mol. The molecule has 15 heavy (non-hydrogen) atoms. The Hall–Kier alpha value is -1.04. The predicted molar refractivity (Wildman–Crippen MR) is 60.1 cm³/mol. The molecule has 0 atom stereocenters. The molecule has 1 aromatic heterocycles. The highest BCUT2D eigenvalue weighted by atomic mass is 32.2. The molecule has 5 nitrogen and oxygen atoms in total. The number of nitrogens with two attached hydrogens (primary N) is 1. The van der Waals surface area contributed by atoms with E-state index in [2.05, 4.69) is 5.10 Å². The number of hydrogen-bond donors (Lipinski definition) is 1. The molecular formula is C9H17N3O2S. The smallest absolute Gasteiger partial charge is 0.158 e. The second-order valence-corrected chi connectivity index (χ2v) is 6.29. The summed E-state index contributed by atoms with van der Waals surface area (Å²) < 4.78 is 25.0. The molecule has 1 heterocycles. The lowest BCUT2D eigenvalue weighted by molar-refractivity contribution is 0.578. The third kappa shape index (κ3) is 2.71. The number of sulfone groups is 1. The lowest BCUT2D eigenvalue weighted by atomic mass is 10.4. The van der Waals surface area contributed by atoms with Crippen molar-refractivity contribution in [2.24, 2.45) is 0 Å². The molecule has 0 amide bonds. The SMILES string of the molecule is CCn1nc(N)cc1CS(=O)(=O)C(C)C. The van der Waals surface area contributed by atoms with Crippen LogP contribution in [0.5, 0.6) is 0 Å². The number of anilines is 1. The van der Waals surface area contributed by atoms with E-state index in [1.807, 2.05) is 6.92 Å². The van der Waals surface area contributed by atoms with Crippen molar-refractivity contribution in [3.8, 4) is 0 Å². The minimum atomic E-state index is -3.09. The van der Waals surface area contributed by atoms with Crippen LogP contribution in [0.4, 0.5) is 5.82 Å². The molecule has 1 rings (SSSR count). The van der Waals surface area contributed by atoms with Crippen molar-refractivity contribution in [3.05, 3.63) is 11.8 Å². The Balaban J connectivity index is 2.99. The largest absolute Gasteiger partial charge is 0.382 e. The Labute approximate surface area is 90.2 Å². The van der Waals surface area contributed by atoms with Gasteiger partial charge in [-0.25, -0.2) is 8.42 Å². The normalized spacial score (nSPS) is 12.3. The lowest BCUT2D eigenvalue weighted by Gasteiger charge is -2.08. The van der Waals surface area contributed by atoms with E-state index in [1.54, 1.807) is 24.6 Å². The van der Waals surface area contributed by atoms with Crippen molar-refractivity contribution in [1.29, 1.82) is 0 Å². The Kier molecular flexibility index (Phi) is 3.38. The minimum Gasteiger partial charge on any atom is -0.382 e. The highest BCUT2D eigenvalue weighted by Gasteiger charge is 2.19. The van der Waals surface area contributed by atoms with E-state index in [1.165, 1.54) is 0 Å². The summed E-state index contributed by atoms with van der Waals surface area (Å²) in [6, 6.07) is 1.61. The third-order valence-corrected chi connectivity index (χ3v) is 4.38. The molecule has 0 aliphatic heterocycles. The Morgan fingerprint density at radius 1 is 1.53 bits per heavy atom. The van der Waals surface area contributed by atoms with Gasteiger partial charge in [0.1, 0.15) is 5.82 Å². The van der Waals surface area contributed by atoms with Crippen LogP contribution < -0.4 is 5.73 Å². The molecule has 0 aromatic carbocycles. The van der Waals surface area contributed by atoms with Crippen LogP contribution in [-0.4, -0.2) is 23.4 Å². The molecule has 0 bridgehead atoms. The Morgan fingerprint density at radius 3 is 2.60 bits per heavy atom. The number of rotatable bonds is 4. The predicted octanol–water partition coefficient (Wildman–Crippen LogP) is 0.808. The van der Waals surface area contributed by atoms with Crippen molar-refractivity contribution in [3.63, 3.8) is 0 Å². The van der Waals surface area contributed by atoms with E-state index < -0.39 is 9.84 Å². The van der Waals surface area contributed by atoms with Gasteiger partial charge in [0, 0.05) is 12.6 Å². The van der Waals surface area contributed by atoms with Crippen molar-refractivity contribution >= 4 is 15.7 Å². The van der Waals surface area contributed by atoms with Gasteiger partial charge in [-0.2, -0.15) is 5.10 Å². The molecule has 0 fully saturated rings. The quantitative estimate of drug-likeness (QED) is 0.831. The van der Waals surface area contributed by atoms with Crippen LogP contribution in [0.1, 0.15) is 26.5 Å². The van der Waals surface area contributed by atoms with Crippen LogP contribution in [0.15, 0.2) is 6.07 Å². The fourth-order valence-corrected chi connectivity index (χ4v) is 2.22. The van der Waals surface area contributed by atoms with Gasteiger partial charge in [-0.15, -0.1) is 0 Å². The number of nitrogen functional groups attached to an aromatic ring is 1. The molecule has 1 aromatic rings. The summed E-state index contributed by atoms with van der Waals surface area (Å²) >= 11 is 0. The van der Waals surface area contributed by atoms with Crippen molar-refractivity contribution in [1.82, 2.24) is 9.78 Å². The van der Waals surface area contributed by atoms with E-state index >= 15 is 0 Å². The van der Waals surface area contributed by atoms with Gasteiger partial charge in [0.05, 0.1) is 16.7 Å². The van der Waals surface area contributed by atoms with Crippen molar-refractivity contribution < 1.29 is 8.42 Å². The highest BCUT2D eigenvalue weighted by molar-refractivity contribution is 7.91. The Morgan fingerprint density at radius 2 is 2.13 bits per heavy atom. The number of aromatic nitrogens is 2. The Bertz CT molecular complexity index is 434. The van der Waals surface area contributed by atoms with Crippen LogP contribution >= 0.6 is 0 Å². The van der Waals surface area contributed by atoms with Crippen molar-refractivity contribution in [2.75, 3.05) is 5.73 Å². The van der Waals surface area contributed by atoms with Gasteiger partial charge in [0.2, 0.25) is 0 Å². The summed E-state index contributed by atoms with van der Waals surface area (Å²) in [5.41, 5.74) is 6.18. The summed E-state index contributed by atoms with van der Waals surface area (Å²) in [6.07, 6.45) is 0. The first kappa shape index (κ1) is 12.0. The van der Waals surface area contributed by atoms with Crippen LogP contribution in [0.3, 0.4) is 0 Å². The van der Waals surface area contributed by atoms with Gasteiger partial charge < -0.3 is 5.73 Å². The average molecular weight is 231 g/mol. The molecule has 0 radical (unpaired) electrons. The van der Waals surface area contributed by atoms with Crippen LogP contribution in [0.25, 0.3) is 0 Å². The van der Waals surface area contributed by atoms with Crippen LogP contribution in [0.2, 0.25) is 0 Å². The van der Waals surface area contributed by atoms with Crippen LogP contribution in [0, 0.1) is 0 Å². The third-order valence-electron chi connectivity index (χ3n) is 2.25. The molecule has 6 heteroatoms. The molecule has 0 aliphatic rings. The molecule has 0 saturated heterocycles. The van der Waals surface area contributed by atoms with Gasteiger partial charge in [0.15, 0.2) is 9.84 Å². The monoisotopic (exact) mass is 231 g/mol. The van der Waals surface area contributed by atoms with Gasteiger partial charge in [0.25, 0.3) is 0 Å².